The third kappa shape index (κ3) is 4.19. The van der Waals surface area contributed by atoms with E-state index >= 15 is 0 Å². The molecular weight excluding hydrogens is 388 g/mol. The number of fused-ring (bicyclic) bond motifs is 1. The maximum absolute atomic E-state index is 5.43. The lowest BCUT2D eigenvalue weighted by Gasteiger charge is -2.20. The van der Waals surface area contributed by atoms with Crippen LogP contribution in [0, 0.1) is 0 Å². The molecule has 1 aliphatic heterocycles. The normalized spacial score (nSPS) is 13.4. The van der Waals surface area contributed by atoms with Crippen LogP contribution in [-0.2, 0) is 6.54 Å². The first-order valence-corrected chi connectivity index (χ1v) is 9.04. The molecule has 0 spiro atoms. The van der Waals surface area contributed by atoms with Crippen molar-refractivity contribution in [2.24, 2.45) is 0 Å². The Morgan fingerprint density at radius 1 is 1.17 bits per heavy atom. The van der Waals surface area contributed by atoms with Crippen LogP contribution in [0.1, 0.15) is 30.5 Å². The first-order valence-electron chi connectivity index (χ1n) is 7.84. The number of benzene rings is 2. The van der Waals surface area contributed by atoms with Gasteiger partial charge in [0.1, 0.15) is 0 Å². The molecule has 0 bridgehead atoms. The molecule has 6 heteroatoms. The van der Waals surface area contributed by atoms with Crippen LogP contribution < -0.4 is 20.1 Å². The van der Waals surface area contributed by atoms with Crippen molar-refractivity contribution in [2.75, 3.05) is 6.79 Å². The van der Waals surface area contributed by atoms with Gasteiger partial charge in [-0.05, 0) is 54.0 Å². The summed E-state index contributed by atoms with van der Waals surface area (Å²) in [5.41, 5.74) is 2.31. The third-order valence-corrected chi connectivity index (χ3v) is 4.67. The summed E-state index contributed by atoms with van der Waals surface area (Å²) in [4.78, 5) is 0. The summed E-state index contributed by atoms with van der Waals surface area (Å²) in [7, 11) is 0. The Balaban J connectivity index is 1.55. The predicted molar refractivity (Wildman–Crippen MR) is 102 cm³/mol. The Hall–Kier alpha value is -1.79. The van der Waals surface area contributed by atoms with Crippen LogP contribution in [-0.4, -0.2) is 11.9 Å². The van der Waals surface area contributed by atoms with Crippen molar-refractivity contribution in [2.45, 2.75) is 25.9 Å². The van der Waals surface area contributed by atoms with Crippen LogP contribution >= 0.6 is 28.1 Å². The largest absolute Gasteiger partial charge is 0.454 e. The van der Waals surface area contributed by atoms with Crippen molar-refractivity contribution in [3.8, 4) is 11.5 Å². The number of rotatable bonds is 5. The quantitative estimate of drug-likeness (QED) is 0.724. The molecule has 0 aromatic heterocycles. The highest BCUT2D eigenvalue weighted by Crippen LogP contribution is 2.32. The molecule has 0 amide bonds. The summed E-state index contributed by atoms with van der Waals surface area (Å²) in [5.74, 6) is 1.58. The van der Waals surface area contributed by atoms with Gasteiger partial charge in [-0.1, -0.05) is 41.1 Å². The number of hydrogen-bond acceptors (Lipinski definition) is 3. The van der Waals surface area contributed by atoms with Gasteiger partial charge in [-0.2, -0.15) is 0 Å². The van der Waals surface area contributed by atoms with E-state index in [4.69, 9.17) is 21.7 Å². The molecule has 0 aliphatic carbocycles. The molecule has 2 aromatic carbocycles. The SMILES string of the molecule is CC[C@@H](NC(=S)NCc1ccc2c(c1)OCO2)c1ccc(Br)cc1. The number of thiocarbonyl (C=S) groups is 1. The number of hydrogen-bond donors (Lipinski definition) is 2. The van der Waals surface area contributed by atoms with E-state index in [9.17, 15) is 0 Å². The Bertz CT molecular complexity index is 721. The minimum atomic E-state index is 0.190. The van der Waals surface area contributed by atoms with E-state index in [-0.39, 0.29) is 12.8 Å². The first-order chi connectivity index (χ1) is 11.7. The minimum absolute atomic E-state index is 0.190. The fourth-order valence-corrected chi connectivity index (χ4v) is 3.04. The summed E-state index contributed by atoms with van der Waals surface area (Å²) in [6, 6.07) is 14.4. The summed E-state index contributed by atoms with van der Waals surface area (Å²) < 4.78 is 11.8. The molecular formula is C18H19BrN2O2S. The lowest BCUT2D eigenvalue weighted by molar-refractivity contribution is 0.174. The number of halogens is 1. The van der Waals surface area contributed by atoms with E-state index < -0.39 is 0 Å². The zero-order valence-electron chi connectivity index (χ0n) is 13.3. The van der Waals surface area contributed by atoms with Crippen molar-refractivity contribution < 1.29 is 9.47 Å². The van der Waals surface area contributed by atoms with Gasteiger partial charge in [-0.25, -0.2) is 0 Å². The van der Waals surface area contributed by atoms with Crippen LogP contribution in [0.3, 0.4) is 0 Å². The lowest BCUT2D eigenvalue weighted by Crippen LogP contribution is -2.37. The molecule has 0 saturated heterocycles. The van der Waals surface area contributed by atoms with Gasteiger partial charge in [0.05, 0.1) is 6.04 Å². The zero-order chi connectivity index (χ0) is 16.9. The highest BCUT2D eigenvalue weighted by molar-refractivity contribution is 9.10. The molecule has 0 unspecified atom stereocenters. The maximum Gasteiger partial charge on any atom is 0.231 e. The highest BCUT2D eigenvalue weighted by Gasteiger charge is 2.14. The van der Waals surface area contributed by atoms with Gasteiger partial charge >= 0.3 is 0 Å². The fourth-order valence-electron chi connectivity index (χ4n) is 2.56. The molecule has 0 fully saturated rings. The molecule has 1 heterocycles. The number of ether oxygens (including phenoxy) is 2. The molecule has 0 radical (unpaired) electrons. The number of nitrogens with one attached hydrogen (secondary N) is 2. The molecule has 2 N–H and O–H groups in total. The minimum Gasteiger partial charge on any atom is -0.454 e. The van der Waals surface area contributed by atoms with Crippen molar-refractivity contribution in [3.63, 3.8) is 0 Å². The van der Waals surface area contributed by atoms with Gasteiger partial charge in [-0.15, -0.1) is 0 Å². The summed E-state index contributed by atoms with van der Waals surface area (Å²) in [6.45, 7) is 3.07. The molecule has 3 rings (SSSR count). The van der Waals surface area contributed by atoms with E-state index in [2.05, 4.69) is 45.6 Å². The predicted octanol–water partition coefficient (Wildman–Crippen LogP) is 4.29. The van der Waals surface area contributed by atoms with Crippen LogP contribution in [0.25, 0.3) is 0 Å². The highest BCUT2D eigenvalue weighted by atomic mass is 79.9. The second kappa shape index (κ2) is 7.85. The van der Waals surface area contributed by atoms with Crippen molar-refractivity contribution >= 4 is 33.3 Å². The Kier molecular flexibility index (Phi) is 5.58. The van der Waals surface area contributed by atoms with Crippen molar-refractivity contribution in [1.82, 2.24) is 10.6 Å². The summed E-state index contributed by atoms with van der Waals surface area (Å²) >= 11 is 8.90. The molecule has 24 heavy (non-hydrogen) atoms. The second-order valence-corrected chi connectivity index (χ2v) is 6.85. The smallest absolute Gasteiger partial charge is 0.231 e. The average molecular weight is 407 g/mol. The molecule has 4 nitrogen and oxygen atoms in total. The van der Waals surface area contributed by atoms with Gasteiger partial charge in [0.15, 0.2) is 16.6 Å². The van der Waals surface area contributed by atoms with E-state index in [0.717, 1.165) is 28.0 Å². The standard InChI is InChI=1S/C18H19BrN2O2S/c1-2-15(13-4-6-14(19)7-5-13)21-18(24)20-10-12-3-8-16-17(9-12)23-11-22-16/h3-9,15H,2,10-11H2,1H3,(H2,20,21,24)/t15-/m1/s1. The lowest BCUT2D eigenvalue weighted by atomic mass is 10.1. The maximum atomic E-state index is 5.43. The molecule has 126 valence electrons. The van der Waals surface area contributed by atoms with Gasteiger partial charge in [0.2, 0.25) is 6.79 Å². The fraction of sp³-hybridized carbons (Fsp3) is 0.278. The monoisotopic (exact) mass is 406 g/mol. The van der Waals surface area contributed by atoms with Crippen LogP contribution in [0.2, 0.25) is 0 Å². The Morgan fingerprint density at radius 2 is 1.92 bits per heavy atom. The molecule has 1 atom stereocenters. The van der Waals surface area contributed by atoms with Crippen molar-refractivity contribution in [3.05, 3.63) is 58.1 Å². The molecule has 2 aromatic rings. The van der Waals surface area contributed by atoms with Crippen molar-refractivity contribution in [1.29, 1.82) is 0 Å². The van der Waals surface area contributed by atoms with Crippen LogP contribution in [0.5, 0.6) is 11.5 Å². The van der Waals surface area contributed by atoms with E-state index in [1.54, 1.807) is 0 Å². The second-order valence-electron chi connectivity index (χ2n) is 5.53. The van der Waals surface area contributed by atoms with E-state index in [1.165, 1.54) is 5.56 Å². The average Bonchev–Trinajstić information content (AvgIpc) is 3.06. The van der Waals surface area contributed by atoms with Gasteiger partial charge in [-0.3, -0.25) is 0 Å². The van der Waals surface area contributed by atoms with Crippen LogP contribution in [0.15, 0.2) is 46.9 Å². The van der Waals surface area contributed by atoms with Gasteiger partial charge < -0.3 is 20.1 Å². The molecule has 0 saturated carbocycles. The topological polar surface area (TPSA) is 42.5 Å². The third-order valence-electron chi connectivity index (χ3n) is 3.88. The zero-order valence-corrected chi connectivity index (χ0v) is 15.7. The van der Waals surface area contributed by atoms with Crippen LogP contribution in [0.4, 0.5) is 0 Å². The summed E-state index contributed by atoms with van der Waals surface area (Å²) in [5, 5.41) is 7.27. The van der Waals surface area contributed by atoms with E-state index in [0.29, 0.717) is 11.7 Å². The Morgan fingerprint density at radius 3 is 2.67 bits per heavy atom. The van der Waals surface area contributed by atoms with Gasteiger partial charge in [0.25, 0.3) is 0 Å². The van der Waals surface area contributed by atoms with E-state index in [1.807, 2.05) is 30.3 Å². The molecule has 1 aliphatic rings. The first kappa shape index (κ1) is 17.0. The summed E-state index contributed by atoms with van der Waals surface area (Å²) in [6.07, 6.45) is 0.952. The van der Waals surface area contributed by atoms with Gasteiger partial charge in [0, 0.05) is 11.0 Å². The Labute approximate surface area is 155 Å².